The molecule has 1 spiro atoms. The number of aryl methyl sites for hydroxylation is 3. The highest BCUT2D eigenvalue weighted by atomic mass is 15.1. The van der Waals surface area contributed by atoms with Crippen molar-refractivity contribution in [2.24, 2.45) is 43.2 Å². The van der Waals surface area contributed by atoms with Gasteiger partial charge in [0.2, 0.25) is 0 Å². The van der Waals surface area contributed by atoms with E-state index in [4.69, 9.17) is 39.9 Å². The summed E-state index contributed by atoms with van der Waals surface area (Å²) in [5.41, 5.74) is 8.35. The van der Waals surface area contributed by atoms with Crippen LogP contribution in [0.4, 0.5) is 0 Å². The fraction of sp³-hybridized carbons (Fsp3) is 0.600. The van der Waals surface area contributed by atoms with Crippen molar-refractivity contribution in [2.75, 3.05) is 0 Å². The first-order chi connectivity index (χ1) is 34.0. The van der Waals surface area contributed by atoms with Gasteiger partial charge in [-0.15, -0.1) is 0 Å². The van der Waals surface area contributed by atoms with Gasteiger partial charge in [-0.1, -0.05) is 18.2 Å². The molecular weight excluding hydrogens is 861 g/mol. The second kappa shape index (κ2) is 15.0. The van der Waals surface area contributed by atoms with E-state index in [0.29, 0.717) is 11.8 Å². The van der Waals surface area contributed by atoms with E-state index in [1.807, 2.05) is 6.20 Å². The molecule has 0 aliphatic heterocycles. The number of aromatic nitrogens is 10. The van der Waals surface area contributed by atoms with Gasteiger partial charge in [0, 0.05) is 76.1 Å². The van der Waals surface area contributed by atoms with Crippen molar-refractivity contribution in [3.05, 3.63) is 95.1 Å². The molecule has 0 amide bonds. The van der Waals surface area contributed by atoms with Crippen molar-refractivity contribution < 1.29 is 0 Å². The second-order valence-corrected chi connectivity index (χ2v) is 25.2. The molecule has 6 bridgehead atoms. The van der Waals surface area contributed by atoms with Crippen LogP contribution in [0.2, 0.25) is 0 Å². The Bertz CT molecular complexity index is 3010. The predicted octanol–water partition coefficient (Wildman–Crippen LogP) is 12.7. The van der Waals surface area contributed by atoms with Crippen LogP contribution in [0.3, 0.4) is 0 Å². The molecule has 18 rings (SSSR count). The lowest BCUT2D eigenvalue weighted by Gasteiger charge is -2.50. The van der Waals surface area contributed by atoms with E-state index in [0.717, 1.165) is 99.6 Å². The summed E-state index contributed by atoms with van der Waals surface area (Å²) in [6.07, 6.45) is 31.6. The first kappa shape index (κ1) is 42.6. The predicted molar refractivity (Wildman–Crippen MR) is 272 cm³/mol. The maximum Gasteiger partial charge on any atom is 0.163 e. The Morgan fingerprint density at radius 1 is 0.486 bits per heavy atom. The number of hydrogen-bond acceptors (Lipinski definition) is 8. The van der Waals surface area contributed by atoms with Crippen LogP contribution in [0.5, 0.6) is 0 Å². The Morgan fingerprint density at radius 3 is 1.51 bits per heavy atom. The Balaban J connectivity index is 0.865. The van der Waals surface area contributed by atoms with Crippen molar-refractivity contribution >= 4 is 0 Å². The number of benzene rings is 2. The SMILES string of the molecule is Cc1cn(C)c(-c2cccc(-c3nc(C45CCC(CC4)CC5)nc(C45CCC6C(c7cc(-c8nc(C9%10CCC(CC9)CC%10)nc(C9%10CCC(CC9)CC%10)n8)cc(-c8ncc(C)n8C)c7)C64CC5)n3)c2)n1. The van der Waals surface area contributed by atoms with Gasteiger partial charge in [0.1, 0.15) is 34.9 Å². The summed E-state index contributed by atoms with van der Waals surface area (Å²) < 4.78 is 4.40. The minimum Gasteiger partial charge on any atom is -0.334 e. The summed E-state index contributed by atoms with van der Waals surface area (Å²) in [4.78, 5) is 44.1. The topological polar surface area (TPSA) is 113 Å². The fourth-order valence-electron chi connectivity index (χ4n) is 17.6. The molecule has 10 heteroatoms. The number of fused-ring (bicyclic) bond motifs is 9. The molecular formula is C60H70N10. The van der Waals surface area contributed by atoms with Gasteiger partial charge in [0.15, 0.2) is 11.6 Å². The van der Waals surface area contributed by atoms with E-state index in [1.54, 1.807) is 0 Å². The molecule has 6 aromatic rings. The average Bonchev–Trinajstić information content (AvgIpc) is 3.73. The van der Waals surface area contributed by atoms with Gasteiger partial charge >= 0.3 is 0 Å². The molecule has 4 atom stereocenters. The Morgan fingerprint density at radius 2 is 1.00 bits per heavy atom. The monoisotopic (exact) mass is 931 g/mol. The lowest BCUT2D eigenvalue weighted by atomic mass is 9.55. The summed E-state index contributed by atoms with van der Waals surface area (Å²) in [6.45, 7) is 4.24. The van der Waals surface area contributed by atoms with Crippen LogP contribution in [0.15, 0.2) is 54.9 Å². The van der Waals surface area contributed by atoms with Gasteiger partial charge in [-0.05, 0) is 220 Å². The zero-order valence-corrected chi connectivity index (χ0v) is 42.1. The van der Waals surface area contributed by atoms with Crippen LogP contribution in [0.25, 0.3) is 45.6 Å². The standard InChI is InChI=1S/C60H70N10/c1-36-35-69(3)51(62-36)42-7-5-6-41(30-42)48-63-54(58-24-14-40(15-25-58)16-26-58)68-55(66-48)59-27-17-46-47(60(46,59)29-28-59)43-31-44(33-45(32-43)50-61-34-37(2)70(50)4)49-64-52(56-18-8-38(9-19-56)10-20-56)67-53(65-49)57-21-11-39(12-22-57)13-23-57/h5-7,30-35,38-40,46-47H,8-29H2,1-4H3. The van der Waals surface area contributed by atoms with Crippen LogP contribution in [-0.4, -0.2) is 49.0 Å². The number of imidazole rings is 2. The number of nitrogens with zero attached hydrogens (tertiary/aromatic N) is 10. The Labute approximate surface area is 413 Å². The molecule has 4 aromatic heterocycles. The number of rotatable bonds is 9. The maximum atomic E-state index is 5.81. The molecule has 360 valence electrons. The Hall–Kier alpha value is -5.12. The second-order valence-electron chi connectivity index (χ2n) is 25.2. The maximum absolute atomic E-state index is 5.81. The molecule has 4 unspecified atom stereocenters. The van der Waals surface area contributed by atoms with E-state index in [2.05, 4.69) is 85.7 Å². The summed E-state index contributed by atoms with van der Waals surface area (Å²) in [5, 5.41) is 0. The highest BCUT2D eigenvalue weighted by Crippen LogP contribution is 2.88. The third-order valence-corrected chi connectivity index (χ3v) is 22.1. The summed E-state index contributed by atoms with van der Waals surface area (Å²) in [7, 11) is 4.26. The van der Waals surface area contributed by atoms with E-state index >= 15 is 0 Å². The van der Waals surface area contributed by atoms with E-state index in [-0.39, 0.29) is 27.1 Å². The number of hydrogen-bond donors (Lipinski definition) is 0. The average molecular weight is 931 g/mol. The van der Waals surface area contributed by atoms with Gasteiger partial charge in [0.05, 0.1) is 5.69 Å². The molecule has 2 aromatic carbocycles. The smallest absolute Gasteiger partial charge is 0.163 e. The first-order valence-corrected chi connectivity index (χ1v) is 27.8. The van der Waals surface area contributed by atoms with Crippen molar-refractivity contribution in [3.63, 3.8) is 0 Å². The van der Waals surface area contributed by atoms with Crippen LogP contribution in [0.1, 0.15) is 187 Å². The fourth-order valence-corrected chi connectivity index (χ4v) is 17.6. The van der Waals surface area contributed by atoms with Gasteiger partial charge < -0.3 is 9.13 Å². The first-order valence-electron chi connectivity index (χ1n) is 27.8. The van der Waals surface area contributed by atoms with Gasteiger partial charge in [-0.2, -0.15) is 0 Å². The molecule has 10 nitrogen and oxygen atoms in total. The minimum absolute atomic E-state index is 0.0445. The highest BCUT2D eigenvalue weighted by molar-refractivity contribution is 5.71. The summed E-state index contributed by atoms with van der Waals surface area (Å²) in [5.74, 6) is 11.8. The van der Waals surface area contributed by atoms with Crippen molar-refractivity contribution in [2.45, 2.75) is 183 Å². The molecule has 4 heterocycles. The van der Waals surface area contributed by atoms with E-state index in [1.165, 1.54) is 145 Å². The summed E-state index contributed by atoms with van der Waals surface area (Å²) >= 11 is 0. The molecule has 12 aliphatic carbocycles. The third kappa shape index (κ3) is 6.03. The van der Waals surface area contributed by atoms with Crippen LogP contribution >= 0.6 is 0 Å². The zero-order chi connectivity index (χ0) is 46.8. The lowest BCUT2D eigenvalue weighted by Crippen LogP contribution is -2.48. The van der Waals surface area contributed by atoms with Crippen LogP contribution in [-0.2, 0) is 35.8 Å². The zero-order valence-electron chi connectivity index (χ0n) is 42.1. The normalized spacial score (nSPS) is 35.5. The van der Waals surface area contributed by atoms with Gasteiger partial charge in [0.25, 0.3) is 0 Å². The van der Waals surface area contributed by atoms with E-state index < -0.39 is 0 Å². The molecule has 12 fully saturated rings. The van der Waals surface area contributed by atoms with Gasteiger partial charge in [-0.25, -0.2) is 39.9 Å². The molecule has 0 radical (unpaired) electrons. The molecule has 12 aliphatic rings. The molecule has 70 heavy (non-hydrogen) atoms. The Kier molecular flexibility index (Phi) is 9.10. The van der Waals surface area contributed by atoms with Gasteiger partial charge in [-0.3, -0.25) is 0 Å². The van der Waals surface area contributed by atoms with Crippen molar-refractivity contribution in [3.8, 4) is 45.6 Å². The molecule has 12 saturated carbocycles. The van der Waals surface area contributed by atoms with Crippen molar-refractivity contribution in [1.29, 1.82) is 0 Å². The molecule has 0 N–H and O–H groups in total. The lowest BCUT2D eigenvalue weighted by molar-refractivity contribution is 0.0879. The summed E-state index contributed by atoms with van der Waals surface area (Å²) in [6, 6.07) is 16.2. The quantitative estimate of drug-likeness (QED) is 0.141. The van der Waals surface area contributed by atoms with Crippen molar-refractivity contribution in [1.82, 2.24) is 49.0 Å². The van der Waals surface area contributed by atoms with Crippen LogP contribution < -0.4 is 0 Å². The highest BCUT2D eigenvalue weighted by Gasteiger charge is 2.83. The van der Waals surface area contributed by atoms with Crippen LogP contribution in [0, 0.1) is 42.9 Å². The largest absolute Gasteiger partial charge is 0.334 e. The van der Waals surface area contributed by atoms with E-state index in [9.17, 15) is 0 Å². The minimum atomic E-state index is -0.0763. The molecule has 0 saturated heterocycles. The third-order valence-electron chi connectivity index (χ3n) is 22.1.